The number of amides is 2. The average Bonchev–Trinajstić information content (AvgIpc) is 2.86. The Morgan fingerprint density at radius 2 is 1.54 bits per heavy atom. The Balaban J connectivity index is 2.16. The Morgan fingerprint density at radius 1 is 1.00 bits per heavy atom. The molecule has 1 aliphatic rings. The fourth-order valence-electron chi connectivity index (χ4n) is 2.79. The summed E-state index contributed by atoms with van der Waals surface area (Å²) in [5.74, 6) is -1.56. The van der Waals surface area contributed by atoms with E-state index in [9.17, 15) is 14.4 Å². The normalized spacial score (nSPS) is 14.9. The maximum absolute atomic E-state index is 12.5. The van der Waals surface area contributed by atoms with Gasteiger partial charge in [0.15, 0.2) is 6.29 Å². The number of carbonyl (C=O) groups is 3. The van der Waals surface area contributed by atoms with Crippen LogP contribution in [0, 0.1) is 0 Å². The van der Waals surface area contributed by atoms with Crippen LogP contribution in [0.3, 0.4) is 0 Å². The minimum absolute atomic E-state index is 0.279. The summed E-state index contributed by atoms with van der Waals surface area (Å²) in [6, 6.07) is 5.56. The molecule has 0 aliphatic carbocycles. The highest BCUT2D eigenvalue weighted by Crippen LogP contribution is 2.27. The van der Waals surface area contributed by atoms with E-state index in [-0.39, 0.29) is 6.42 Å². The van der Waals surface area contributed by atoms with Crippen molar-refractivity contribution in [3.63, 3.8) is 0 Å². The van der Waals surface area contributed by atoms with Gasteiger partial charge in [0, 0.05) is 14.2 Å². The SMILES string of the molecule is COC(=O)[C@H](CCCC(OC)OC)N1C(=O)c2ccccc2C1=O. The molecule has 1 aromatic rings. The van der Waals surface area contributed by atoms with Crippen molar-refractivity contribution in [2.24, 2.45) is 0 Å². The molecule has 0 saturated carbocycles. The first-order chi connectivity index (χ1) is 11.5. The van der Waals surface area contributed by atoms with Gasteiger partial charge in [-0.25, -0.2) is 4.79 Å². The van der Waals surface area contributed by atoms with Gasteiger partial charge in [-0.1, -0.05) is 12.1 Å². The van der Waals surface area contributed by atoms with Crippen molar-refractivity contribution in [3.8, 4) is 0 Å². The molecule has 7 heteroatoms. The third-order valence-electron chi connectivity index (χ3n) is 4.05. The van der Waals surface area contributed by atoms with Gasteiger partial charge in [-0.2, -0.15) is 0 Å². The van der Waals surface area contributed by atoms with E-state index < -0.39 is 30.1 Å². The smallest absolute Gasteiger partial charge is 0.329 e. The fraction of sp³-hybridized carbons (Fsp3) is 0.471. The van der Waals surface area contributed by atoms with Crippen LogP contribution in [0.1, 0.15) is 40.0 Å². The monoisotopic (exact) mass is 335 g/mol. The molecule has 1 heterocycles. The lowest BCUT2D eigenvalue weighted by Crippen LogP contribution is -2.45. The van der Waals surface area contributed by atoms with Gasteiger partial charge >= 0.3 is 5.97 Å². The largest absolute Gasteiger partial charge is 0.467 e. The maximum Gasteiger partial charge on any atom is 0.329 e. The van der Waals surface area contributed by atoms with Crippen molar-refractivity contribution in [3.05, 3.63) is 35.4 Å². The highest BCUT2D eigenvalue weighted by atomic mass is 16.7. The van der Waals surface area contributed by atoms with Gasteiger partial charge in [-0.3, -0.25) is 14.5 Å². The zero-order chi connectivity index (χ0) is 17.7. The predicted molar refractivity (Wildman–Crippen MR) is 84.4 cm³/mol. The fourth-order valence-corrected chi connectivity index (χ4v) is 2.79. The summed E-state index contributed by atoms with van der Waals surface area (Å²) < 4.78 is 15.0. The summed E-state index contributed by atoms with van der Waals surface area (Å²) in [5, 5.41) is 0. The lowest BCUT2D eigenvalue weighted by molar-refractivity contribution is -0.146. The number of esters is 1. The standard InChI is InChI=1S/C17H21NO6/c1-22-14(23-2)10-6-9-13(17(21)24-3)18-15(19)11-7-4-5-8-12(11)16(18)20/h4-5,7-8,13-14H,6,9-10H2,1-3H3/t13-/m0/s1. The lowest BCUT2D eigenvalue weighted by atomic mass is 10.1. The van der Waals surface area contributed by atoms with Crippen molar-refractivity contribution < 1.29 is 28.6 Å². The zero-order valence-corrected chi connectivity index (χ0v) is 14.0. The summed E-state index contributed by atoms with van der Waals surface area (Å²) in [6.07, 6.45) is 0.940. The quantitative estimate of drug-likeness (QED) is 0.408. The van der Waals surface area contributed by atoms with E-state index in [1.807, 2.05) is 0 Å². The van der Waals surface area contributed by atoms with Crippen LogP contribution < -0.4 is 0 Å². The third-order valence-corrected chi connectivity index (χ3v) is 4.05. The number of rotatable bonds is 8. The molecular weight excluding hydrogens is 314 g/mol. The first kappa shape index (κ1) is 18.1. The molecule has 1 aromatic carbocycles. The number of fused-ring (bicyclic) bond motifs is 1. The van der Waals surface area contributed by atoms with Gasteiger partial charge in [0.1, 0.15) is 6.04 Å². The molecule has 130 valence electrons. The van der Waals surface area contributed by atoms with Gasteiger partial charge in [-0.05, 0) is 31.4 Å². The molecule has 0 aromatic heterocycles. The zero-order valence-electron chi connectivity index (χ0n) is 14.0. The number of ether oxygens (including phenoxy) is 3. The molecule has 1 aliphatic heterocycles. The van der Waals surface area contributed by atoms with Crippen molar-refractivity contribution in [1.29, 1.82) is 0 Å². The van der Waals surface area contributed by atoms with Crippen molar-refractivity contribution >= 4 is 17.8 Å². The number of hydrogen-bond acceptors (Lipinski definition) is 6. The summed E-state index contributed by atoms with van der Waals surface area (Å²) in [7, 11) is 4.28. The summed E-state index contributed by atoms with van der Waals surface area (Å²) in [6.45, 7) is 0. The van der Waals surface area contributed by atoms with Crippen molar-refractivity contribution in [1.82, 2.24) is 4.90 Å². The van der Waals surface area contributed by atoms with Gasteiger partial charge in [0.2, 0.25) is 0 Å². The molecule has 0 fully saturated rings. The van der Waals surface area contributed by atoms with Crippen LogP contribution in [0.5, 0.6) is 0 Å². The molecule has 2 amide bonds. The molecule has 0 saturated heterocycles. The van der Waals surface area contributed by atoms with Gasteiger partial charge in [0.05, 0.1) is 18.2 Å². The van der Waals surface area contributed by atoms with E-state index in [1.165, 1.54) is 21.3 Å². The van der Waals surface area contributed by atoms with Crippen LogP contribution in [0.4, 0.5) is 0 Å². The molecular formula is C17H21NO6. The van der Waals surface area contributed by atoms with E-state index in [0.29, 0.717) is 24.0 Å². The van der Waals surface area contributed by atoms with Crippen LogP contribution >= 0.6 is 0 Å². The van der Waals surface area contributed by atoms with Crippen molar-refractivity contribution in [2.75, 3.05) is 21.3 Å². The van der Waals surface area contributed by atoms with E-state index in [4.69, 9.17) is 14.2 Å². The van der Waals surface area contributed by atoms with Crippen LogP contribution in [0.2, 0.25) is 0 Å². The van der Waals surface area contributed by atoms with E-state index in [2.05, 4.69) is 0 Å². The molecule has 2 rings (SSSR count). The van der Waals surface area contributed by atoms with Gasteiger partial charge < -0.3 is 14.2 Å². The predicted octanol–water partition coefficient (Wildman–Crippen LogP) is 1.61. The topological polar surface area (TPSA) is 82.1 Å². The number of hydrogen-bond donors (Lipinski definition) is 0. The van der Waals surface area contributed by atoms with Crippen LogP contribution in [-0.2, 0) is 19.0 Å². The second-order valence-electron chi connectivity index (χ2n) is 5.40. The molecule has 0 N–H and O–H groups in total. The first-order valence-corrected chi connectivity index (χ1v) is 7.65. The van der Waals surface area contributed by atoms with Gasteiger partial charge in [0.25, 0.3) is 11.8 Å². The number of imide groups is 1. The van der Waals surface area contributed by atoms with E-state index >= 15 is 0 Å². The number of nitrogens with zero attached hydrogens (tertiary/aromatic N) is 1. The summed E-state index contributed by atoms with van der Waals surface area (Å²) >= 11 is 0. The average molecular weight is 335 g/mol. The van der Waals surface area contributed by atoms with E-state index in [1.54, 1.807) is 24.3 Å². The number of benzene rings is 1. The Kier molecular flexibility index (Phi) is 6.05. The minimum atomic E-state index is -0.961. The highest BCUT2D eigenvalue weighted by molar-refractivity contribution is 6.22. The molecule has 24 heavy (non-hydrogen) atoms. The third kappa shape index (κ3) is 3.47. The number of methoxy groups -OCH3 is 3. The van der Waals surface area contributed by atoms with Gasteiger partial charge in [-0.15, -0.1) is 0 Å². The second kappa shape index (κ2) is 8.03. The Morgan fingerprint density at radius 3 is 2.00 bits per heavy atom. The lowest BCUT2D eigenvalue weighted by Gasteiger charge is -2.24. The second-order valence-corrected chi connectivity index (χ2v) is 5.40. The number of carbonyl (C=O) groups excluding carboxylic acids is 3. The molecule has 1 atom stereocenters. The Labute approximate surface area is 140 Å². The maximum atomic E-state index is 12.5. The molecule has 0 spiro atoms. The Hall–Kier alpha value is -2.25. The highest BCUT2D eigenvalue weighted by Gasteiger charge is 2.42. The first-order valence-electron chi connectivity index (χ1n) is 7.65. The minimum Gasteiger partial charge on any atom is -0.467 e. The molecule has 0 radical (unpaired) electrons. The summed E-state index contributed by atoms with van der Waals surface area (Å²) in [5.41, 5.74) is 0.617. The van der Waals surface area contributed by atoms with Crippen LogP contribution in [-0.4, -0.2) is 56.3 Å². The summed E-state index contributed by atoms with van der Waals surface area (Å²) in [4.78, 5) is 38.2. The molecule has 7 nitrogen and oxygen atoms in total. The van der Waals surface area contributed by atoms with Crippen LogP contribution in [0.15, 0.2) is 24.3 Å². The van der Waals surface area contributed by atoms with E-state index in [0.717, 1.165) is 4.90 Å². The molecule has 0 bridgehead atoms. The Bertz CT molecular complexity index is 590. The van der Waals surface area contributed by atoms with Crippen LogP contribution in [0.25, 0.3) is 0 Å². The van der Waals surface area contributed by atoms with Crippen molar-refractivity contribution in [2.45, 2.75) is 31.6 Å². The molecule has 0 unspecified atom stereocenters.